The zero-order valence-corrected chi connectivity index (χ0v) is 19.9. The fraction of sp³-hybridized carbons (Fsp3) is 0.241. The van der Waals surface area contributed by atoms with Crippen LogP contribution in [0.4, 0.5) is 4.79 Å². The van der Waals surface area contributed by atoms with E-state index < -0.39 is 29.9 Å². The topological polar surface area (TPSA) is 102 Å². The normalized spacial score (nSPS) is 16.6. The molecule has 2 aliphatic carbocycles. The molecule has 1 aliphatic heterocycles. The number of hydrogen-bond donors (Lipinski definition) is 1. The lowest BCUT2D eigenvalue weighted by Gasteiger charge is -2.21. The monoisotopic (exact) mass is 496 g/mol. The van der Waals surface area contributed by atoms with E-state index in [1.165, 1.54) is 12.1 Å². The Hall–Kier alpha value is -4.46. The third-order valence-corrected chi connectivity index (χ3v) is 7.12. The summed E-state index contributed by atoms with van der Waals surface area (Å²) in [5, 5.41) is 3.06. The van der Waals surface area contributed by atoms with Gasteiger partial charge in [0, 0.05) is 5.92 Å². The van der Waals surface area contributed by atoms with E-state index in [2.05, 4.69) is 17.4 Å². The summed E-state index contributed by atoms with van der Waals surface area (Å²) in [5.41, 5.74) is 4.73. The van der Waals surface area contributed by atoms with E-state index in [1.54, 1.807) is 12.1 Å². The molecule has 8 heteroatoms. The van der Waals surface area contributed by atoms with Gasteiger partial charge in [0.05, 0.1) is 11.1 Å². The molecule has 6 rings (SSSR count). The highest BCUT2D eigenvalue weighted by molar-refractivity contribution is 6.20. The predicted molar refractivity (Wildman–Crippen MR) is 132 cm³/mol. The molecule has 8 nitrogen and oxygen atoms in total. The van der Waals surface area contributed by atoms with E-state index in [0.717, 1.165) is 35.1 Å². The fourth-order valence-electron chi connectivity index (χ4n) is 5.09. The van der Waals surface area contributed by atoms with Crippen LogP contribution in [0.3, 0.4) is 0 Å². The number of carbonyl (C=O) groups is 4. The van der Waals surface area contributed by atoms with Gasteiger partial charge >= 0.3 is 12.1 Å². The highest BCUT2D eigenvalue weighted by Gasteiger charge is 2.41. The lowest BCUT2D eigenvalue weighted by atomic mass is 9.98. The summed E-state index contributed by atoms with van der Waals surface area (Å²) in [6, 6.07) is 21.2. The molecule has 37 heavy (non-hydrogen) atoms. The van der Waals surface area contributed by atoms with Gasteiger partial charge in [-0.3, -0.25) is 9.59 Å². The Morgan fingerprint density at radius 2 is 1.32 bits per heavy atom. The standard InChI is InChI=1S/C29H24N2O6/c32-26-22-11-5-6-12-23(22)27(33)31(26)37-28(34)25(15-17-13-14-17)30-29(35)36-16-24-20-9-3-1-7-18(20)19-8-2-4-10-21(19)24/h1-12,17,24-25H,13-16H2,(H,30,35). The predicted octanol–water partition coefficient (Wildman–Crippen LogP) is 4.45. The summed E-state index contributed by atoms with van der Waals surface area (Å²) in [6.07, 6.45) is 1.45. The van der Waals surface area contributed by atoms with Crippen molar-refractivity contribution in [3.05, 3.63) is 95.1 Å². The van der Waals surface area contributed by atoms with Crippen molar-refractivity contribution in [1.82, 2.24) is 10.4 Å². The molecule has 1 saturated carbocycles. The number of nitrogens with zero attached hydrogens (tertiary/aromatic N) is 1. The second-order valence-corrected chi connectivity index (χ2v) is 9.56. The molecular weight excluding hydrogens is 472 g/mol. The molecule has 0 radical (unpaired) electrons. The fourth-order valence-corrected chi connectivity index (χ4v) is 5.09. The molecule has 1 fully saturated rings. The van der Waals surface area contributed by atoms with Crippen LogP contribution >= 0.6 is 0 Å². The molecule has 0 bridgehead atoms. The number of rotatable bonds is 7. The lowest BCUT2D eigenvalue weighted by molar-refractivity contribution is -0.171. The minimum Gasteiger partial charge on any atom is -0.449 e. The van der Waals surface area contributed by atoms with Gasteiger partial charge in [-0.2, -0.15) is 0 Å². The summed E-state index contributed by atoms with van der Waals surface area (Å²) >= 11 is 0. The number of benzene rings is 3. The van der Waals surface area contributed by atoms with Gasteiger partial charge in [0.25, 0.3) is 11.8 Å². The molecule has 0 spiro atoms. The van der Waals surface area contributed by atoms with Crippen molar-refractivity contribution < 1.29 is 28.8 Å². The van der Waals surface area contributed by atoms with Crippen molar-refractivity contribution in [3.63, 3.8) is 0 Å². The van der Waals surface area contributed by atoms with E-state index in [0.29, 0.717) is 11.5 Å². The molecular formula is C29H24N2O6. The number of imide groups is 1. The van der Waals surface area contributed by atoms with E-state index >= 15 is 0 Å². The number of amides is 3. The smallest absolute Gasteiger partial charge is 0.407 e. The van der Waals surface area contributed by atoms with Crippen LogP contribution in [-0.4, -0.2) is 41.6 Å². The third kappa shape index (κ3) is 4.24. The van der Waals surface area contributed by atoms with Crippen molar-refractivity contribution in [3.8, 4) is 11.1 Å². The summed E-state index contributed by atoms with van der Waals surface area (Å²) < 4.78 is 5.58. The molecule has 3 amide bonds. The van der Waals surface area contributed by atoms with Crippen LogP contribution in [0.2, 0.25) is 0 Å². The van der Waals surface area contributed by atoms with Crippen LogP contribution in [0.25, 0.3) is 11.1 Å². The summed E-state index contributed by atoms with van der Waals surface area (Å²) in [5.74, 6) is -2.16. The van der Waals surface area contributed by atoms with Gasteiger partial charge in [-0.15, -0.1) is 0 Å². The molecule has 3 aliphatic rings. The maximum Gasteiger partial charge on any atom is 0.407 e. The SMILES string of the molecule is O=C(NC(CC1CC1)C(=O)ON1C(=O)c2ccccc2C1=O)OCC1c2ccccc2-c2ccccc21. The Bertz CT molecular complexity index is 1350. The van der Waals surface area contributed by atoms with Crippen molar-refractivity contribution in [2.75, 3.05) is 6.61 Å². The van der Waals surface area contributed by atoms with Crippen molar-refractivity contribution in [2.45, 2.75) is 31.2 Å². The molecule has 1 atom stereocenters. The van der Waals surface area contributed by atoms with Gasteiger partial charge in [-0.05, 0) is 46.7 Å². The van der Waals surface area contributed by atoms with Gasteiger partial charge in [0.15, 0.2) is 0 Å². The number of nitrogens with one attached hydrogen (secondary N) is 1. The van der Waals surface area contributed by atoms with Gasteiger partial charge in [-0.25, -0.2) is 9.59 Å². The largest absolute Gasteiger partial charge is 0.449 e. The second kappa shape index (κ2) is 9.20. The molecule has 1 heterocycles. The third-order valence-electron chi connectivity index (χ3n) is 7.12. The summed E-state index contributed by atoms with van der Waals surface area (Å²) in [6.45, 7) is 0.101. The number of fused-ring (bicyclic) bond motifs is 4. The van der Waals surface area contributed by atoms with Gasteiger partial charge in [0.1, 0.15) is 12.6 Å². The van der Waals surface area contributed by atoms with Crippen LogP contribution < -0.4 is 5.32 Å². The van der Waals surface area contributed by atoms with Crippen molar-refractivity contribution in [2.24, 2.45) is 5.92 Å². The Labute approximate surface area is 213 Å². The first-order valence-electron chi connectivity index (χ1n) is 12.3. The minimum absolute atomic E-state index is 0.101. The molecule has 186 valence electrons. The Morgan fingerprint density at radius 3 is 1.86 bits per heavy atom. The van der Waals surface area contributed by atoms with E-state index in [4.69, 9.17) is 9.57 Å². The first-order chi connectivity index (χ1) is 18.0. The average molecular weight is 497 g/mol. The molecule has 0 aromatic heterocycles. The zero-order valence-electron chi connectivity index (χ0n) is 19.9. The Balaban J connectivity index is 1.12. The van der Waals surface area contributed by atoms with Gasteiger partial charge in [0.2, 0.25) is 0 Å². The first kappa shape index (κ1) is 23.0. The summed E-state index contributed by atoms with van der Waals surface area (Å²) in [7, 11) is 0. The van der Waals surface area contributed by atoms with Crippen molar-refractivity contribution >= 4 is 23.9 Å². The van der Waals surface area contributed by atoms with E-state index in [1.807, 2.05) is 36.4 Å². The summed E-state index contributed by atoms with van der Waals surface area (Å²) in [4.78, 5) is 56.2. The van der Waals surface area contributed by atoms with Crippen LogP contribution in [0, 0.1) is 5.92 Å². The number of ether oxygens (including phenoxy) is 1. The zero-order chi connectivity index (χ0) is 25.5. The highest BCUT2D eigenvalue weighted by atomic mass is 16.7. The lowest BCUT2D eigenvalue weighted by Crippen LogP contribution is -2.46. The number of carbonyl (C=O) groups excluding carboxylic acids is 4. The number of alkyl carbamates (subject to hydrolysis) is 1. The molecule has 0 saturated heterocycles. The van der Waals surface area contributed by atoms with Gasteiger partial charge < -0.3 is 14.9 Å². The van der Waals surface area contributed by atoms with Crippen LogP contribution in [-0.2, 0) is 14.4 Å². The molecule has 1 N–H and O–H groups in total. The van der Waals surface area contributed by atoms with Crippen LogP contribution in [0.15, 0.2) is 72.8 Å². The molecule has 3 aromatic rings. The minimum atomic E-state index is -1.05. The maximum atomic E-state index is 13.0. The molecule has 1 unspecified atom stereocenters. The van der Waals surface area contributed by atoms with E-state index in [-0.39, 0.29) is 29.6 Å². The quantitative estimate of drug-likeness (QED) is 0.485. The van der Waals surface area contributed by atoms with Crippen LogP contribution in [0.5, 0.6) is 0 Å². The highest BCUT2D eigenvalue weighted by Crippen LogP contribution is 2.44. The first-order valence-corrected chi connectivity index (χ1v) is 12.3. The second-order valence-electron chi connectivity index (χ2n) is 9.56. The maximum absolute atomic E-state index is 13.0. The number of hydroxylamine groups is 2. The average Bonchev–Trinajstić information content (AvgIpc) is 3.64. The van der Waals surface area contributed by atoms with Crippen LogP contribution in [0.1, 0.15) is 57.0 Å². The van der Waals surface area contributed by atoms with E-state index in [9.17, 15) is 19.2 Å². The molecule has 3 aromatic carbocycles. The van der Waals surface area contributed by atoms with Gasteiger partial charge in [-0.1, -0.05) is 78.6 Å². The Kier molecular flexibility index (Phi) is 5.71. The van der Waals surface area contributed by atoms with Crippen molar-refractivity contribution in [1.29, 1.82) is 0 Å². The number of hydrogen-bond acceptors (Lipinski definition) is 6. The Morgan fingerprint density at radius 1 is 0.811 bits per heavy atom.